The molecule has 3 nitrogen and oxygen atoms in total. The van der Waals surface area contributed by atoms with Crippen molar-refractivity contribution in [2.75, 3.05) is 19.7 Å². The fraction of sp³-hybridized carbons (Fsp3) is 0.667. The van der Waals surface area contributed by atoms with Crippen molar-refractivity contribution >= 4 is 0 Å². The molecule has 0 spiro atoms. The summed E-state index contributed by atoms with van der Waals surface area (Å²) in [6.45, 7) is 9.30. The van der Waals surface area contributed by atoms with Gasteiger partial charge in [0.2, 0.25) is 0 Å². The number of aromatic nitrogens is 1. The molecule has 1 heterocycles. The summed E-state index contributed by atoms with van der Waals surface area (Å²) in [5.41, 5.74) is 2.13. The number of nitrogens with zero attached hydrogens (tertiary/aromatic N) is 1. The van der Waals surface area contributed by atoms with Crippen LogP contribution >= 0.6 is 0 Å². The van der Waals surface area contributed by atoms with E-state index in [1.165, 1.54) is 12.8 Å². The second-order valence-corrected chi connectivity index (χ2v) is 4.56. The van der Waals surface area contributed by atoms with Crippen molar-refractivity contribution in [1.82, 2.24) is 10.3 Å². The van der Waals surface area contributed by atoms with Crippen molar-refractivity contribution in [3.63, 3.8) is 0 Å². The third kappa shape index (κ3) is 5.50. The molecular formula is C15H26N2O. The lowest BCUT2D eigenvalue weighted by atomic mass is 10.2. The Morgan fingerprint density at radius 3 is 2.72 bits per heavy atom. The fourth-order valence-electron chi connectivity index (χ4n) is 1.82. The molecule has 3 heteroatoms. The average Bonchev–Trinajstić information content (AvgIpc) is 2.39. The molecule has 0 unspecified atom stereocenters. The normalized spacial score (nSPS) is 10.6. The second kappa shape index (κ2) is 8.92. The van der Waals surface area contributed by atoms with Gasteiger partial charge in [0.1, 0.15) is 5.75 Å². The van der Waals surface area contributed by atoms with Gasteiger partial charge in [-0.15, -0.1) is 0 Å². The first-order chi connectivity index (χ1) is 8.77. The van der Waals surface area contributed by atoms with Crippen LogP contribution in [0.3, 0.4) is 0 Å². The zero-order valence-electron chi connectivity index (χ0n) is 12.0. The second-order valence-electron chi connectivity index (χ2n) is 4.56. The summed E-state index contributed by atoms with van der Waals surface area (Å²) in [6.07, 6.45) is 4.38. The largest absolute Gasteiger partial charge is 0.492 e. The van der Waals surface area contributed by atoms with Crippen molar-refractivity contribution < 1.29 is 4.74 Å². The summed E-state index contributed by atoms with van der Waals surface area (Å²) in [5, 5.41) is 3.40. The lowest BCUT2D eigenvalue weighted by Gasteiger charge is -2.10. The van der Waals surface area contributed by atoms with Crippen LogP contribution in [-0.4, -0.2) is 24.7 Å². The van der Waals surface area contributed by atoms with E-state index in [0.717, 1.165) is 49.7 Å². The van der Waals surface area contributed by atoms with Crippen LogP contribution in [0.5, 0.6) is 5.75 Å². The molecule has 1 N–H and O–H groups in total. The SMILES string of the molecule is CCCNCCCCOc1ccc(C)nc1CC. The Labute approximate surface area is 111 Å². The third-order valence-electron chi connectivity index (χ3n) is 2.84. The minimum atomic E-state index is 0.783. The molecule has 0 aliphatic rings. The summed E-state index contributed by atoms with van der Waals surface area (Å²) >= 11 is 0. The number of hydrogen-bond acceptors (Lipinski definition) is 3. The lowest BCUT2D eigenvalue weighted by molar-refractivity contribution is 0.301. The zero-order chi connectivity index (χ0) is 13.2. The Bertz CT molecular complexity index is 339. The molecule has 0 saturated heterocycles. The number of aryl methyl sites for hydroxylation is 2. The Morgan fingerprint density at radius 1 is 1.17 bits per heavy atom. The first-order valence-electron chi connectivity index (χ1n) is 7.08. The molecule has 0 saturated carbocycles. The fourth-order valence-corrected chi connectivity index (χ4v) is 1.82. The van der Waals surface area contributed by atoms with Gasteiger partial charge in [-0.25, -0.2) is 0 Å². The van der Waals surface area contributed by atoms with Gasteiger partial charge in [-0.3, -0.25) is 4.98 Å². The number of unbranched alkanes of at least 4 members (excludes halogenated alkanes) is 1. The van der Waals surface area contributed by atoms with Crippen molar-refractivity contribution in [2.45, 2.75) is 46.5 Å². The van der Waals surface area contributed by atoms with E-state index < -0.39 is 0 Å². The van der Waals surface area contributed by atoms with Gasteiger partial charge in [-0.2, -0.15) is 0 Å². The van der Waals surface area contributed by atoms with Crippen LogP contribution in [0.4, 0.5) is 0 Å². The predicted octanol–water partition coefficient (Wildman–Crippen LogP) is 3.11. The summed E-state index contributed by atoms with van der Waals surface area (Å²) in [7, 11) is 0. The van der Waals surface area contributed by atoms with E-state index in [1.54, 1.807) is 0 Å². The molecule has 0 atom stereocenters. The molecule has 1 rings (SSSR count). The van der Waals surface area contributed by atoms with Crippen LogP contribution in [0.1, 0.15) is 44.5 Å². The van der Waals surface area contributed by atoms with Gasteiger partial charge < -0.3 is 10.1 Å². The predicted molar refractivity (Wildman–Crippen MR) is 76.2 cm³/mol. The highest BCUT2D eigenvalue weighted by Crippen LogP contribution is 2.17. The Hall–Kier alpha value is -1.09. The highest BCUT2D eigenvalue weighted by molar-refractivity contribution is 5.29. The Kier molecular flexibility index (Phi) is 7.42. The standard InChI is InChI=1S/C15H26N2O/c1-4-10-16-11-6-7-12-18-15-9-8-13(3)17-14(15)5-2/h8-9,16H,4-7,10-12H2,1-3H3. The molecule has 0 bridgehead atoms. The molecule has 0 aliphatic heterocycles. The van der Waals surface area contributed by atoms with Gasteiger partial charge >= 0.3 is 0 Å². The smallest absolute Gasteiger partial charge is 0.140 e. The van der Waals surface area contributed by atoms with E-state index in [1.807, 2.05) is 19.1 Å². The van der Waals surface area contributed by atoms with Crippen LogP contribution in [0.2, 0.25) is 0 Å². The lowest BCUT2D eigenvalue weighted by Crippen LogP contribution is -2.16. The number of hydrogen-bond donors (Lipinski definition) is 1. The molecule has 1 aromatic rings. The number of nitrogens with one attached hydrogen (secondary N) is 1. The maximum Gasteiger partial charge on any atom is 0.140 e. The molecule has 0 aromatic carbocycles. The maximum absolute atomic E-state index is 5.80. The Balaban J connectivity index is 2.22. The van der Waals surface area contributed by atoms with E-state index in [9.17, 15) is 0 Å². The summed E-state index contributed by atoms with van der Waals surface area (Å²) in [6, 6.07) is 4.05. The van der Waals surface area contributed by atoms with Crippen LogP contribution < -0.4 is 10.1 Å². The van der Waals surface area contributed by atoms with Gasteiger partial charge in [0.15, 0.2) is 0 Å². The van der Waals surface area contributed by atoms with Crippen LogP contribution in [0.15, 0.2) is 12.1 Å². The number of pyridine rings is 1. The highest BCUT2D eigenvalue weighted by Gasteiger charge is 2.03. The molecule has 102 valence electrons. The van der Waals surface area contributed by atoms with E-state index in [2.05, 4.69) is 24.1 Å². The highest BCUT2D eigenvalue weighted by atomic mass is 16.5. The first kappa shape index (κ1) is 15.0. The molecule has 0 amide bonds. The molecule has 18 heavy (non-hydrogen) atoms. The molecule has 0 radical (unpaired) electrons. The van der Waals surface area contributed by atoms with E-state index in [-0.39, 0.29) is 0 Å². The first-order valence-corrected chi connectivity index (χ1v) is 7.08. The minimum absolute atomic E-state index is 0.783. The van der Waals surface area contributed by atoms with Gasteiger partial charge in [0.05, 0.1) is 12.3 Å². The quantitative estimate of drug-likeness (QED) is 0.684. The third-order valence-corrected chi connectivity index (χ3v) is 2.84. The van der Waals surface area contributed by atoms with E-state index in [4.69, 9.17) is 4.74 Å². The molecule has 0 fully saturated rings. The number of rotatable bonds is 9. The minimum Gasteiger partial charge on any atom is -0.492 e. The van der Waals surface area contributed by atoms with Gasteiger partial charge in [0.25, 0.3) is 0 Å². The van der Waals surface area contributed by atoms with Gasteiger partial charge in [0, 0.05) is 5.69 Å². The average molecular weight is 250 g/mol. The monoisotopic (exact) mass is 250 g/mol. The topological polar surface area (TPSA) is 34.1 Å². The van der Waals surface area contributed by atoms with Crippen LogP contribution in [0, 0.1) is 6.92 Å². The van der Waals surface area contributed by atoms with Crippen molar-refractivity contribution in [2.24, 2.45) is 0 Å². The molecule has 0 aliphatic carbocycles. The van der Waals surface area contributed by atoms with Gasteiger partial charge in [-0.1, -0.05) is 13.8 Å². The van der Waals surface area contributed by atoms with Crippen molar-refractivity contribution in [3.05, 3.63) is 23.5 Å². The van der Waals surface area contributed by atoms with Crippen LogP contribution in [-0.2, 0) is 6.42 Å². The Morgan fingerprint density at radius 2 is 2.00 bits per heavy atom. The summed E-state index contributed by atoms with van der Waals surface area (Å²) in [5.74, 6) is 0.949. The number of ether oxygens (including phenoxy) is 1. The summed E-state index contributed by atoms with van der Waals surface area (Å²) < 4.78 is 5.80. The molecular weight excluding hydrogens is 224 g/mol. The van der Waals surface area contributed by atoms with Crippen molar-refractivity contribution in [3.8, 4) is 5.75 Å². The summed E-state index contributed by atoms with van der Waals surface area (Å²) in [4.78, 5) is 4.49. The van der Waals surface area contributed by atoms with Gasteiger partial charge in [-0.05, 0) is 57.8 Å². The zero-order valence-corrected chi connectivity index (χ0v) is 12.0. The van der Waals surface area contributed by atoms with Crippen molar-refractivity contribution in [1.29, 1.82) is 0 Å². The maximum atomic E-state index is 5.80. The van der Waals surface area contributed by atoms with E-state index >= 15 is 0 Å². The van der Waals surface area contributed by atoms with Crippen LogP contribution in [0.25, 0.3) is 0 Å². The molecule has 1 aromatic heterocycles. The van der Waals surface area contributed by atoms with E-state index in [0.29, 0.717) is 0 Å².